The first-order valence-corrected chi connectivity index (χ1v) is 10.00. The molecule has 2 aliphatic rings. The molecule has 0 radical (unpaired) electrons. The average molecular weight is 394 g/mol. The molecule has 0 unspecified atom stereocenters. The minimum absolute atomic E-state index is 0.0915. The quantitative estimate of drug-likeness (QED) is 0.706. The smallest absolute Gasteiger partial charge is 0.245 e. The van der Waals surface area contributed by atoms with Crippen LogP contribution >= 0.6 is 0 Å². The molecule has 29 heavy (non-hydrogen) atoms. The van der Waals surface area contributed by atoms with Crippen molar-refractivity contribution in [2.24, 2.45) is 0 Å². The summed E-state index contributed by atoms with van der Waals surface area (Å²) in [4.78, 5) is 10.3. The molecule has 2 N–H and O–H groups in total. The number of hydrogen-bond acceptors (Lipinski definition) is 7. The maximum atomic E-state index is 15.0. The van der Waals surface area contributed by atoms with Crippen molar-refractivity contribution in [3.05, 3.63) is 36.8 Å². The van der Waals surface area contributed by atoms with Gasteiger partial charge < -0.3 is 15.3 Å². The summed E-state index contributed by atoms with van der Waals surface area (Å²) >= 11 is 0. The number of nitrogens with zero attached hydrogens (tertiary/aromatic N) is 5. The number of hydrogen-bond donors (Lipinski definition) is 2. The van der Waals surface area contributed by atoms with Gasteiger partial charge >= 0.3 is 0 Å². The van der Waals surface area contributed by atoms with Gasteiger partial charge in [0.25, 0.3) is 0 Å². The van der Waals surface area contributed by atoms with Crippen LogP contribution in [0, 0.1) is 0 Å². The zero-order valence-electron chi connectivity index (χ0n) is 16.2. The fourth-order valence-corrected chi connectivity index (χ4v) is 4.58. The zero-order valence-corrected chi connectivity index (χ0v) is 16.2. The van der Waals surface area contributed by atoms with Gasteiger partial charge in [-0.05, 0) is 42.8 Å². The SMILES string of the molecule is CN(c1ncc(-c2cc3ccncc3cc2O)nn1)[C@@H]1C[C@H]2CCC[C@H](N2)[C@H]1F. The Balaban J connectivity index is 1.41. The first kappa shape index (κ1) is 18.2. The molecule has 0 saturated carbocycles. The largest absolute Gasteiger partial charge is 0.507 e. The van der Waals surface area contributed by atoms with E-state index in [1.165, 1.54) is 0 Å². The Hall–Kier alpha value is -2.87. The van der Waals surface area contributed by atoms with Crippen molar-refractivity contribution >= 4 is 16.7 Å². The number of benzene rings is 1. The monoisotopic (exact) mass is 394 g/mol. The Morgan fingerprint density at radius 2 is 2.07 bits per heavy atom. The second kappa shape index (κ2) is 7.18. The molecule has 2 aromatic heterocycles. The van der Waals surface area contributed by atoms with Gasteiger partial charge in [0, 0.05) is 42.5 Å². The zero-order chi connectivity index (χ0) is 20.0. The number of piperidine rings is 2. The van der Waals surface area contributed by atoms with Crippen molar-refractivity contribution in [1.82, 2.24) is 25.5 Å². The summed E-state index contributed by atoms with van der Waals surface area (Å²) in [6.45, 7) is 0. The molecule has 7 nitrogen and oxygen atoms in total. The van der Waals surface area contributed by atoms with E-state index < -0.39 is 6.17 Å². The lowest BCUT2D eigenvalue weighted by Crippen LogP contribution is -2.61. The number of aromatic nitrogens is 4. The standard InChI is InChI=1S/C21H23FN6O/c1-28(18-9-14-3-2-4-16(25-14)20(18)22)21-24-11-17(26-27-21)15-7-12-5-6-23-10-13(12)8-19(15)29/h5-8,10-11,14,16,18,20,25,29H,2-4,9H2,1H3/t14-,16+,18-,20-/m1/s1. The molecule has 8 heteroatoms. The number of phenols is 1. The molecule has 1 aromatic carbocycles. The van der Waals surface area contributed by atoms with E-state index in [9.17, 15) is 9.50 Å². The van der Waals surface area contributed by atoms with Gasteiger partial charge in [0.05, 0.1) is 12.2 Å². The highest BCUT2D eigenvalue weighted by atomic mass is 19.1. The van der Waals surface area contributed by atoms with Crippen LogP contribution in [0.2, 0.25) is 0 Å². The van der Waals surface area contributed by atoms with E-state index in [2.05, 4.69) is 25.5 Å². The van der Waals surface area contributed by atoms with Crippen LogP contribution in [0.5, 0.6) is 5.75 Å². The number of phenolic OH excluding ortho intramolecular Hbond substituents is 1. The number of halogens is 1. The van der Waals surface area contributed by atoms with Crippen LogP contribution in [0.25, 0.3) is 22.0 Å². The number of rotatable bonds is 3. The first-order chi connectivity index (χ1) is 14.1. The van der Waals surface area contributed by atoms with E-state index in [0.29, 0.717) is 23.2 Å². The number of aromatic hydroxyl groups is 1. The van der Waals surface area contributed by atoms with Gasteiger partial charge in [-0.1, -0.05) is 6.42 Å². The van der Waals surface area contributed by atoms with E-state index in [4.69, 9.17) is 0 Å². The molecule has 150 valence electrons. The number of fused-ring (bicyclic) bond motifs is 3. The van der Waals surface area contributed by atoms with Gasteiger partial charge in [-0.2, -0.15) is 0 Å². The Morgan fingerprint density at radius 3 is 2.90 bits per heavy atom. The number of alkyl halides is 1. The number of pyridine rings is 1. The number of anilines is 1. The van der Waals surface area contributed by atoms with Gasteiger partial charge in [-0.3, -0.25) is 4.98 Å². The summed E-state index contributed by atoms with van der Waals surface area (Å²) in [6.07, 6.45) is 7.79. The summed E-state index contributed by atoms with van der Waals surface area (Å²) in [7, 11) is 1.83. The molecule has 2 aliphatic heterocycles. The van der Waals surface area contributed by atoms with E-state index >= 15 is 0 Å². The predicted molar refractivity (Wildman–Crippen MR) is 108 cm³/mol. The van der Waals surface area contributed by atoms with Crippen LogP contribution in [0.3, 0.4) is 0 Å². The minimum Gasteiger partial charge on any atom is -0.507 e. The van der Waals surface area contributed by atoms with E-state index in [-0.39, 0.29) is 17.8 Å². The third-order valence-electron chi connectivity index (χ3n) is 6.19. The summed E-state index contributed by atoms with van der Waals surface area (Å²) in [5.74, 6) is 0.489. The molecule has 2 saturated heterocycles. The van der Waals surface area contributed by atoms with E-state index in [1.807, 2.05) is 19.2 Å². The van der Waals surface area contributed by atoms with Crippen LogP contribution in [0.4, 0.5) is 10.3 Å². The third-order valence-corrected chi connectivity index (χ3v) is 6.19. The second-order valence-corrected chi connectivity index (χ2v) is 7.99. The molecule has 5 rings (SSSR count). The molecule has 2 fully saturated rings. The normalized spacial score (nSPS) is 26.4. The van der Waals surface area contributed by atoms with Crippen molar-refractivity contribution < 1.29 is 9.50 Å². The maximum Gasteiger partial charge on any atom is 0.245 e. The summed E-state index contributed by atoms with van der Waals surface area (Å²) in [5, 5.41) is 24.1. The Morgan fingerprint density at radius 1 is 1.17 bits per heavy atom. The van der Waals surface area contributed by atoms with Crippen LogP contribution in [0.15, 0.2) is 36.8 Å². The van der Waals surface area contributed by atoms with Gasteiger partial charge in [0.2, 0.25) is 5.95 Å². The van der Waals surface area contributed by atoms with Gasteiger partial charge in [0.15, 0.2) is 0 Å². The lowest BCUT2D eigenvalue weighted by Gasteiger charge is -2.45. The van der Waals surface area contributed by atoms with Crippen LogP contribution < -0.4 is 10.2 Å². The number of nitrogens with one attached hydrogen (secondary N) is 1. The highest BCUT2D eigenvalue weighted by molar-refractivity contribution is 5.89. The molecule has 0 aliphatic carbocycles. The summed E-state index contributed by atoms with van der Waals surface area (Å²) in [6, 6.07) is 5.36. The van der Waals surface area contributed by atoms with E-state index in [1.54, 1.807) is 29.6 Å². The lowest BCUT2D eigenvalue weighted by atomic mass is 9.82. The Kier molecular flexibility index (Phi) is 4.50. The highest BCUT2D eigenvalue weighted by Crippen LogP contribution is 2.33. The van der Waals surface area contributed by atoms with Crippen molar-refractivity contribution in [2.45, 2.75) is 50.0 Å². The Labute approximate surface area is 168 Å². The van der Waals surface area contributed by atoms with Gasteiger partial charge in [0.1, 0.15) is 17.6 Å². The summed E-state index contributed by atoms with van der Waals surface area (Å²) in [5.41, 5.74) is 1.02. The highest BCUT2D eigenvalue weighted by Gasteiger charge is 2.42. The Bertz CT molecular complexity index is 1030. The fraction of sp³-hybridized carbons (Fsp3) is 0.429. The molecule has 4 atom stereocenters. The molecule has 0 amide bonds. The first-order valence-electron chi connectivity index (χ1n) is 10.00. The molecule has 4 heterocycles. The molecular formula is C21H23FN6O. The predicted octanol–water partition coefficient (Wildman–Crippen LogP) is 2.85. The van der Waals surface area contributed by atoms with Crippen LogP contribution in [0.1, 0.15) is 25.7 Å². The summed E-state index contributed by atoms with van der Waals surface area (Å²) < 4.78 is 15.0. The minimum atomic E-state index is -0.960. The van der Waals surface area contributed by atoms with Crippen LogP contribution in [-0.4, -0.2) is 56.6 Å². The molecule has 2 bridgehead atoms. The lowest BCUT2D eigenvalue weighted by molar-refractivity contribution is 0.106. The van der Waals surface area contributed by atoms with Crippen LogP contribution in [-0.2, 0) is 0 Å². The van der Waals surface area contributed by atoms with Crippen molar-refractivity contribution in [1.29, 1.82) is 0 Å². The average Bonchev–Trinajstić information content (AvgIpc) is 2.76. The van der Waals surface area contributed by atoms with Gasteiger partial charge in [-0.25, -0.2) is 9.37 Å². The van der Waals surface area contributed by atoms with Crippen molar-refractivity contribution in [2.75, 3.05) is 11.9 Å². The molecular weight excluding hydrogens is 371 g/mol. The fourth-order valence-electron chi connectivity index (χ4n) is 4.58. The second-order valence-electron chi connectivity index (χ2n) is 7.99. The van der Waals surface area contributed by atoms with Gasteiger partial charge in [-0.15, -0.1) is 10.2 Å². The maximum absolute atomic E-state index is 15.0. The van der Waals surface area contributed by atoms with E-state index in [0.717, 1.165) is 36.5 Å². The topological polar surface area (TPSA) is 87.1 Å². The molecule has 3 aromatic rings. The van der Waals surface area contributed by atoms with Crippen molar-refractivity contribution in [3.8, 4) is 17.0 Å². The third kappa shape index (κ3) is 3.27. The molecule has 0 spiro atoms. The van der Waals surface area contributed by atoms with Crippen molar-refractivity contribution in [3.63, 3.8) is 0 Å².